The van der Waals surface area contributed by atoms with E-state index in [1.54, 1.807) is 28.8 Å². The van der Waals surface area contributed by atoms with E-state index in [1.807, 2.05) is 13.1 Å². The highest BCUT2D eigenvalue weighted by Crippen LogP contribution is 2.33. The summed E-state index contributed by atoms with van der Waals surface area (Å²) in [5.41, 5.74) is 7.82. The fraction of sp³-hybridized carbons (Fsp3) is 0.444. The topological polar surface area (TPSA) is 106 Å². The molecule has 3 heterocycles. The standard InChI is InChI=1S/C18H24N6O2/c1-11-4-5-15(14-6-7-21-23(14)3)24(10-11)18(26)17(25)22-13-8-12(2)16(19)20-9-13/h6-9,11,15H,4-5,10H2,1-3H3,(H2,19,20)(H,22,25)/t11-,15+/m1/s1. The minimum absolute atomic E-state index is 0.150. The highest BCUT2D eigenvalue weighted by molar-refractivity contribution is 6.39. The molecular formula is C18H24N6O2. The van der Waals surface area contributed by atoms with Gasteiger partial charge in [0.05, 0.1) is 23.6 Å². The average Bonchev–Trinajstić information content (AvgIpc) is 3.03. The molecule has 0 saturated carbocycles. The summed E-state index contributed by atoms with van der Waals surface area (Å²) in [6.45, 7) is 4.43. The Labute approximate surface area is 152 Å². The van der Waals surface area contributed by atoms with Crippen molar-refractivity contribution in [1.29, 1.82) is 0 Å². The van der Waals surface area contributed by atoms with Crippen molar-refractivity contribution in [3.05, 3.63) is 35.8 Å². The smallest absolute Gasteiger partial charge is 0.313 e. The molecule has 0 radical (unpaired) electrons. The normalized spacial score (nSPS) is 20.0. The molecule has 0 aromatic carbocycles. The number of aryl methyl sites for hydroxylation is 2. The van der Waals surface area contributed by atoms with Crippen molar-refractivity contribution in [1.82, 2.24) is 19.7 Å². The fourth-order valence-corrected chi connectivity index (χ4v) is 3.36. The second-order valence-corrected chi connectivity index (χ2v) is 6.92. The Morgan fingerprint density at radius 1 is 1.35 bits per heavy atom. The number of rotatable bonds is 2. The van der Waals surface area contributed by atoms with Gasteiger partial charge in [0.2, 0.25) is 0 Å². The zero-order chi connectivity index (χ0) is 18.8. The second kappa shape index (κ2) is 7.15. The van der Waals surface area contributed by atoms with Crippen molar-refractivity contribution < 1.29 is 9.59 Å². The van der Waals surface area contributed by atoms with Crippen LogP contribution in [-0.4, -0.2) is 38.0 Å². The van der Waals surface area contributed by atoms with Crippen LogP contribution in [0.25, 0.3) is 0 Å². The summed E-state index contributed by atoms with van der Waals surface area (Å²) < 4.78 is 1.76. The van der Waals surface area contributed by atoms with E-state index < -0.39 is 11.8 Å². The number of nitrogens with two attached hydrogens (primary N) is 1. The number of piperidine rings is 1. The van der Waals surface area contributed by atoms with Crippen LogP contribution in [0.1, 0.15) is 37.1 Å². The van der Waals surface area contributed by atoms with Gasteiger partial charge in [0.25, 0.3) is 0 Å². The van der Waals surface area contributed by atoms with Crippen LogP contribution in [0.15, 0.2) is 24.5 Å². The summed E-state index contributed by atoms with van der Waals surface area (Å²) in [6.07, 6.45) is 4.97. The van der Waals surface area contributed by atoms with Gasteiger partial charge in [-0.2, -0.15) is 5.10 Å². The van der Waals surface area contributed by atoms with Gasteiger partial charge in [-0.1, -0.05) is 6.92 Å². The summed E-state index contributed by atoms with van der Waals surface area (Å²) in [5, 5.41) is 6.82. The molecule has 3 N–H and O–H groups in total. The zero-order valence-electron chi connectivity index (χ0n) is 15.3. The minimum atomic E-state index is -0.669. The summed E-state index contributed by atoms with van der Waals surface area (Å²) in [5.74, 6) is -0.471. The largest absolute Gasteiger partial charge is 0.383 e. The van der Waals surface area contributed by atoms with E-state index in [9.17, 15) is 9.59 Å². The summed E-state index contributed by atoms with van der Waals surface area (Å²) in [6, 6.07) is 3.44. The maximum absolute atomic E-state index is 12.9. The molecule has 1 fully saturated rings. The summed E-state index contributed by atoms with van der Waals surface area (Å²) in [7, 11) is 1.85. The number of carbonyl (C=O) groups is 2. The lowest BCUT2D eigenvalue weighted by atomic mass is 9.92. The molecule has 2 aromatic heterocycles. The third-order valence-corrected chi connectivity index (χ3v) is 4.85. The molecule has 0 aliphatic carbocycles. The van der Waals surface area contributed by atoms with Gasteiger partial charge in [-0.25, -0.2) is 4.98 Å². The molecule has 0 spiro atoms. The Balaban J connectivity index is 1.79. The van der Waals surface area contributed by atoms with Crippen molar-refractivity contribution in [2.75, 3.05) is 17.6 Å². The highest BCUT2D eigenvalue weighted by Gasteiger charge is 2.35. The molecule has 2 amide bonds. The predicted octanol–water partition coefficient (Wildman–Crippen LogP) is 1.64. The summed E-state index contributed by atoms with van der Waals surface area (Å²) in [4.78, 5) is 31.0. The monoisotopic (exact) mass is 356 g/mol. The van der Waals surface area contributed by atoms with E-state index >= 15 is 0 Å². The number of nitrogens with zero attached hydrogens (tertiary/aromatic N) is 4. The molecule has 8 nitrogen and oxygen atoms in total. The first kappa shape index (κ1) is 17.9. The van der Waals surface area contributed by atoms with Crippen LogP contribution in [0, 0.1) is 12.8 Å². The van der Waals surface area contributed by atoms with E-state index in [4.69, 9.17) is 5.73 Å². The van der Waals surface area contributed by atoms with Crippen molar-refractivity contribution in [3.63, 3.8) is 0 Å². The van der Waals surface area contributed by atoms with Crippen LogP contribution in [-0.2, 0) is 16.6 Å². The lowest BCUT2D eigenvalue weighted by Gasteiger charge is -2.38. The molecule has 3 rings (SSSR count). The second-order valence-electron chi connectivity index (χ2n) is 6.92. The van der Waals surface area contributed by atoms with E-state index in [0.29, 0.717) is 24.0 Å². The average molecular weight is 356 g/mol. The van der Waals surface area contributed by atoms with Gasteiger partial charge in [-0.05, 0) is 43.4 Å². The van der Waals surface area contributed by atoms with Gasteiger partial charge >= 0.3 is 11.8 Å². The third kappa shape index (κ3) is 3.54. The first-order chi connectivity index (χ1) is 12.4. The Bertz CT molecular complexity index is 831. The van der Waals surface area contributed by atoms with E-state index in [1.165, 1.54) is 6.20 Å². The summed E-state index contributed by atoms with van der Waals surface area (Å²) >= 11 is 0. The Kier molecular flexibility index (Phi) is 4.92. The zero-order valence-corrected chi connectivity index (χ0v) is 15.3. The predicted molar refractivity (Wildman–Crippen MR) is 98.1 cm³/mol. The van der Waals surface area contributed by atoms with Crippen LogP contribution in [0.3, 0.4) is 0 Å². The molecule has 1 aliphatic rings. The van der Waals surface area contributed by atoms with Crippen LogP contribution < -0.4 is 11.1 Å². The number of hydrogen-bond donors (Lipinski definition) is 2. The third-order valence-electron chi connectivity index (χ3n) is 4.85. The lowest BCUT2D eigenvalue weighted by Crippen LogP contribution is -2.47. The Hall–Kier alpha value is -2.90. The molecule has 26 heavy (non-hydrogen) atoms. The first-order valence-corrected chi connectivity index (χ1v) is 8.68. The van der Waals surface area contributed by atoms with Crippen molar-refractivity contribution in [2.45, 2.75) is 32.7 Å². The molecule has 1 aliphatic heterocycles. The number of nitrogens with one attached hydrogen (secondary N) is 1. The van der Waals surface area contributed by atoms with Gasteiger partial charge in [0.15, 0.2) is 0 Å². The molecule has 2 atom stereocenters. The van der Waals surface area contributed by atoms with E-state index in [-0.39, 0.29) is 6.04 Å². The molecule has 1 saturated heterocycles. The van der Waals surface area contributed by atoms with Crippen LogP contribution in [0.5, 0.6) is 0 Å². The van der Waals surface area contributed by atoms with E-state index in [0.717, 1.165) is 24.1 Å². The van der Waals surface area contributed by atoms with E-state index in [2.05, 4.69) is 22.3 Å². The first-order valence-electron chi connectivity index (χ1n) is 8.68. The number of likely N-dealkylation sites (tertiary alicyclic amines) is 1. The molecular weight excluding hydrogens is 332 g/mol. The maximum Gasteiger partial charge on any atom is 0.313 e. The number of hydrogen-bond acceptors (Lipinski definition) is 5. The number of pyridine rings is 1. The Morgan fingerprint density at radius 2 is 2.12 bits per heavy atom. The van der Waals surface area contributed by atoms with Gasteiger partial charge in [-0.15, -0.1) is 0 Å². The minimum Gasteiger partial charge on any atom is -0.383 e. The van der Waals surface area contributed by atoms with Gasteiger partial charge < -0.3 is 16.0 Å². The molecule has 8 heteroatoms. The van der Waals surface area contributed by atoms with Gasteiger partial charge in [0, 0.05) is 19.8 Å². The SMILES string of the molecule is Cc1cc(NC(=O)C(=O)N2C[C@H](C)CC[C@H]2c2ccnn2C)cnc1N. The van der Waals surface area contributed by atoms with Crippen molar-refractivity contribution in [3.8, 4) is 0 Å². The van der Waals surface area contributed by atoms with Crippen LogP contribution in [0.4, 0.5) is 11.5 Å². The lowest BCUT2D eigenvalue weighted by molar-refractivity contribution is -0.146. The Morgan fingerprint density at radius 3 is 2.77 bits per heavy atom. The molecule has 138 valence electrons. The maximum atomic E-state index is 12.9. The fourth-order valence-electron chi connectivity index (χ4n) is 3.36. The van der Waals surface area contributed by atoms with Gasteiger partial charge in [0.1, 0.15) is 5.82 Å². The van der Waals surface area contributed by atoms with Crippen molar-refractivity contribution in [2.24, 2.45) is 13.0 Å². The van der Waals surface area contributed by atoms with Gasteiger partial charge in [-0.3, -0.25) is 14.3 Å². The van der Waals surface area contributed by atoms with Crippen LogP contribution >= 0.6 is 0 Å². The van der Waals surface area contributed by atoms with Crippen LogP contribution in [0.2, 0.25) is 0 Å². The highest BCUT2D eigenvalue weighted by atomic mass is 16.2. The number of aromatic nitrogens is 3. The number of amides is 2. The molecule has 0 bridgehead atoms. The quantitative estimate of drug-likeness (QED) is 0.796. The number of anilines is 2. The van der Waals surface area contributed by atoms with Crippen molar-refractivity contribution >= 4 is 23.3 Å². The molecule has 2 aromatic rings. The number of carbonyl (C=O) groups excluding carboxylic acids is 2. The number of nitrogen functional groups attached to an aromatic ring is 1. The molecule has 0 unspecified atom stereocenters.